The van der Waals surface area contributed by atoms with Crippen LogP contribution in [0.25, 0.3) is 0 Å². The van der Waals surface area contributed by atoms with Gasteiger partial charge in [-0.15, -0.1) is 0 Å². The largest absolute Gasteiger partial charge is 0.493 e. The molecule has 2 aromatic rings. The Balaban J connectivity index is 1.67. The molecule has 1 saturated heterocycles. The van der Waals surface area contributed by atoms with Gasteiger partial charge < -0.3 is 14.8 Å². The van der Waals surface area contributed by atoms with E-state index in [-0.39, 0.29) is 24.2 Å². The lowest BCUT2D eigenvalue weighted by Gasteiger charge is -2.32. The van der Waals surface area contributed by atoms with Gasteiger partial charge in [0.05, 0.1) is 31.9 Å². The molecule has 0 radical (unpaired) electrons. The van der Waals surface area contributed by atoms with Crippen LogP contribution < -0.4 is 14.8 Å². The first-order valence-electron chi connectivity index (χ1n) is 10.6. The maximum Gasteiger partial charge on any atom is 0.224 e. The number of halogens is 2. The number of methoxy groups -OCH3 is 2. The second-order valence-electron chi connectivity index (χ2n) is 8.00. The van der Waals surface area contributed by atoms with Gasteiger partial charge in [-0.3, -0.25) is 4.79 Å². The number of nitrogens with one attached hydrogen (secondary N) is 1. The van der Waals surface area contributed by atoms with Crippen molar-refractivity contribution < 1.29 is 22.7 Å². The third kappa shape index (κ3) is 6.12. The molecule has 0 spiro atoms. The number of benzene rings is 2. The summed E-state index contributed by atoms with van der Waals surface area (Å²) in [5.41, 5.74) is 1.23. The van der Waals surface area contributed by atoms with E-state index < -0.39 is 15.9 Å². The highest BCUT2D eigenvalue weighted by Gasteiger charge is 2.33. The van der Waals surface area contributed by atoms with Crippen LogP contribution in [-0.4, -0.2) is 45.9 Å². The van der Waals surface area contributed by atoms with Gasteiger partial charge in [-0.05, 0) is 49.6 Å². The van der Waals surface area contributed by atoms with Gasteiger partial charge in [0.1, 0.15) is 0 Å². The Morgan fingerprint density at radius 2 is 1.82 bits per heavy atom. The van der Waals surface area contributed by atoms with Crippen molar-refractivity contribution in [1.82, 2.24) is 9.62 Å². The summed E-state index contributed by atoms with van der Waals surface area (Å²) in [6, 6.07) is 10.1. The van der Waals surface area contributed by atoms with Gasteiger partial charge >= 0.3 is 0 Å². The summed E-state index contributed by atoms with van der Waals surface area (Å²) in [5, 5.41) is 3.61. The van der Waals surface area contributed by atoms with Crippen molar-refractivity contribution in [2.75, 3.05) is 27.3 Å². The SMILES string of the molecule is COc1ccc([C@H](C)NC(=O)[C@H]2CCCN(S(=O)(=O)Cc3c(Cl)cccc3Cl)C2)cc1OC. The van der Waals surface area contributed by atoms with E-state index >= 15 is 0 Å². The van der Waals surface area contributed by atoms with Crippen LogP contribution in [0.1, 0.15) is 36.9 Å². The highest BCUT2D eigenvalue weighted by atomic mass is 35.5. The summed E-state index contributed by atoms with van der Waals surface area (Å²) in [6.07, 6.45) is 1.21. The summed E-state index contributed by atoms with van der Waals surface area (Å²) in [5.74, 6) is 0.239. The van der Waals surface area contributed by atoms with E-state index in [0.717, 1.165) is 5.56 Å². The smallest absolute Gasteiger partial charge is 0.224 e. The van der Waals surface area contributed by atoms with Gasteiger partial charge in [0.15, 0.2) is 11.5 Å². The Labute approximate surface area is 205 Å². The predicted octanol–water partition coefficient (Wildman–Crippen LogP) is 4.43. The number of hydrogen-bond donors (Lipinski definition) is 1. The zero-order chi connectivity index (χ0) is 24.2. The Morgan fingerprint density at radius 3 is 2.45 bits per heavy atom. The van der Waals surface area contributed by atoms with Crippen molar-refractivity contribution in [1.29, 1.82) is 0 Å². The number of hydrogen-bond acceptors (Lipinski definition) is 5. The monoisotopic (exact) mass is 514 g/mol. The lowest BCUT2D eigenvalue weighted by molar-refractivity contribution is -0.126. The fraction of sp³-hybridized carbons (Fsp3) is 0.435. The number of piperidine rings is 1. The van der Waals surface area contributed by atoms with Crippen LogP contribution in [0, 0.1) is 5.92 Å². The zero-order valence-electron chi connectivity index (χ0n) is 18.8. The second kappa shape index (κ2) is 11.0. The highest BCUT2D eigenvalue weighted by Crippen LogP contribution is 2.31. The Kier molecular flexibility index (Phi) is 8.50. The third-order valence-electron chi connectivity index (χ3n) is 5.80. The molecule has 1 heterocycles. The minimum absolute atomic E-state index is 0.120. The van der Waals surface area contributed by atoms with Crippen molar-refractivity contribution in [3.63, 3.8) is 0 Å². The van der Waals surface area contributed by atoms with Crippen molar-refractivity contribution >= 4 is 39.1 Å². The normalized spacial score (nSPS) is 17.9. The first-order valence-corrected chi connectivity index (χ1v) is 13.0. The number of rotatable bonds is 8. The molecule has 0 saturated carbocycles. The number of carbonyl (C=O) groups excluding carboxylic acids is 1. The molecule has 1 aliphatic heterocycles. The molecule has 33 heavy (non-hydrogen) atoms. The number of nitrogens with zero attached hydrogens (tertiary/aromatic N) is 1. The van der Waals surface area contributed by atoms with E-state index in [1.165, 1.54) is 4.31 Å². The van der Waals surface area contributed by atoms with E-state index in [1.54, 1.807) is 38.5 Å². The molecule has 180 valence electrons. The highest BCUT2D eigenvalue weighted by molar-refractivity contribution is 7.88. The maximum absolute atomic E-state index is 13.1. The molecule has 0 aliphatic carbocycles. The first kappa shape index (κ1) is 25.6. The van der Waals surface area contributed by atoms with Gasteiger partial charge in [-0.1, -0.05) is 35.3 Å². The third-order valence-corrected chi connectivity index (χ3v) is 8.28. The minimum Gasteiger partial charge on any atom is -0.493 e. The summed E-state index contributed by atoms with van der Waals surface area (Å²) in [4.78, 5) is 13.0. The van der Waals surface area contributed by atoms with Crippen molar-refractivity contribution in [2.24, 2.45) is 5.92 Å². The lowest BCUT2D eigenvalue weighted by atomic mass is 9.98. The van der Waals surface area contributed by atoms with Crippen molar-refractivity contribution in [2.45, 2.75) is 31.6 Å². The Hall–Kier alpha value is -2.00. The second-order valence-corrected chi connectivity index (χ2v) is 10.8. The Bertz CT molecular complexity index is 1090. The molecular weight excluding hydrogens is 487 g/mol. The molecule has 1 aliphatic rings. The molecule has 10 heteroatoms. The van der Waals surface area contributed by atoms with Crippen LogP contribution in [0.5, 0.6) is 11.5 Å². The summed E-state index contributed by atoms with van der Waals surface area (Å²) >= 11 is 12.3. The quantitative estimate of drug-likeness (QED) is 0.563. The average Bonchev–Trinajstić information content (AvgIpc) is 2.81. The number of carbonyl (C=O) groups is 1. The molecule has 0 unspecified atom stereocenters. The van der Waals surface area contributed by atoms with E-state index in [2.05, 4.69) is 5.32 Å². The van der Waals surface area contributed by atoms with E-state index in [9.17, 15) is 13.2 Å². The number of sulfonamides is 1. The molecule has 2 aromatic carbocycles. The average molecular weight is 515 g/mol. The van der Waals surface area contributed by atoms with Gasteiger partial charge in [-0.25, -0.2) is 12.7 Å². The van der Waals surface area contributed by atoms with Crippen LogP contribution >= 0.6 is 23.2 Å². The van der Waals surface area contributed by atoms with Crippen LogP contribution in [0.15, 0.2) is 36.4 Å². The summed E-state index contributed by atoms with van der Waals surface area (Å²) in [6.45, 7) is 2.35. The van der Waals surface area contributed by atoms with Gasteiger partial charge in [0.2, 0.25) is 15.9 Å². The van der Waals surface area contributed by atoms with Gasteiger partial charge in [0, 0.05) is 28.7 Å². The predicted molar refractivity (Wildman–Crippen MR) is 129 cm³/mol. The summed E-state index contributed by atoms with van der Waals surface area (Å²) < 4.78 is 38.1. The first-order chi connectivity index (χ1) is 15.7. The van der Waals surface area contributed by atoms with E-state index in [4.69, 9.17) is 32.7 Å². The van der Waals surface area contributed by atoms with Gasteiger partial charge in [-0.2, -0.15) is 0 Å². The molecule has 0 aromatic heterocycles. The van der Waals surface area contributed by atoms with Crippen LogP contribution in [0.4, 0.5) is 0 Å². The zero-order valence-corrected chi connectivity index (χ0v) is 21.1. The molecular formula is C23H28Cl2N2O5S. The van der Waals surface area contributed by atoms with E-state index in [0.29, 0.717) is 46.5 Å². The molecule has 2 atom stereocenters. The van der Waals surface area contributed by atoms with Crippen LogP contribution in [0.3, 0.4) is 0 Å². The van der Waals surface area contributed by atoms with E-state index in [1.807, 2.05) is 19.1 Å². The fourth-order valence-electron chi connectivity index (χ4n) is 3.89. The molecule has 0 bridgehead atoms. The Morgan fingerprint density at radius 1 is 1.15 bits per heavy atom. The lowest BCUT2D eigenvalue weighted by Crippen LogP contribution is -2.46. The van der Waals surface area contributed by atoms with Crippen LogP contribution in [0.2, 0.25) is 10.0 Å². The van der Waals surface area contributed by atoms with Crippen molar-refractivity contribution in [3.8, 4) is 11.5 Å². The van der Waals surface area contributed by atoms with Crippen molar-refractivity contribution in [3.05, 3.63) is 57.6 Å². The fourth-order valence-corrected chi connectivity index (χ4v) is 6.25. The number of ether oxygens (including phenoxy) is 2. The topological polar surface area (TPSA) is 84.9 Å². The molecule has 7 nitrogen and oxygen atoms in total. The van der Waals surface area contributed by atoms with Crippen LogP contribution in [-0.2, 0) is 20.6 Å². The molecule has 1 amide bonds. The number of amides is 1. The standard InChI is InChI=1S/C23H28Cl2N2O5S/c1-15(16-9-10-21(31-2)22(12-16)32-3)26-23(28)17-6-5-11-27(13-17)33(29,30)14-18-19(24)7-4-8-20(18)25/h4,7-10,12,15,17H,5-6,11,13-14H2,1-3H3,(H,26,28)/t15-,17-/m0/s1. The molecule has 1 N–H and O–H groups in total. The molecule has 1 fully saturated rings. The molecule has 3 rings (SSSR count). The maximum atomic E-state index is 13.1. The minimum atomic E-state index is -3.69. The summed E-state index contributed by atoms with van der Waals surface area (Å²) in [7, 11) is -0.577. The van der Waals surface area contributed by atoms with Gasteiger partial charge in [0.25, 0.3) is 0 Å².